The standard InChI is InChI=1S/C10H12O2S/c1-3-12-9-6-4-5-8(7(2)11)10(9)13/h4-6,13H,3H2,1-2H3. The number of ketones is 1. The van der Waals surface area contributed by atoms with Crippen molar-refractivity contribution < 1.29 is 9.53 Å². The van der Waals surface area contributed by atoms with Gasteiger partial charge in [0, 0.05) is 5.56 Å². The second-order valence-electron chi connectivity index (χ2n) is 2.64. The molecule has 0 saturated heterocycles. The lowest BCUT2D eigenvalue weighted by Crippen LogP contribution is -1.98. The van der Waals surface area contributed by atoms with Gasteiger partial charge in [-0.1, -0.05) is 12.1 Å². The molecular formula is C10H12O2S. The minimum absolute atomic E-state index is 0.00607. The van der Waals surface area contributed by atoms with E-state index in [-0.39, 0.29) is 5.78 Å². The Labute approximate surface area is 83.3 Å². The minimum Gasteiger partial charge on any atom is -0.493 e. The molecule has 0 spiro atoms. The average Bonchev–Trinajstić information content (AvgIpc) is 2.08. The summed E-state index contributed by atoms with van der Waals surface area (Å²) in [6, 6.07) is 5.34. The second kappa shape index (κ2) is 4.33. The third-order valence-corrected chi connectivity index (χ3v) is 2.14. The van der Waals surface area contributed by atoms with Crippen molar-refractivity contribution in [1.29, 1.82) is 0 Å². The van der Waals surface area contributed by atoms with E-state index in [1.54, 1.807) is 18.2 Å². The van der Waals surface area contributed by atoms with E-state index in [1.165, 1.54) is 6.92 Å². The van der Waals surface area contributed by atoms with E-state index in [1.807, 2.05) is 6.92 Å². The molecule has 70 valence electrons. The van der Waals surface area contributed by atoms with Crippen LogP contribution in [-0.4, -0.2) is 12.4 Å². The molecule has 3 heteroatoms. The Morgan fingerprint density at radius 1 is 1.54 bits per heavy atom. The largest absolute Gasteiger partial charge is 0.493 e. The molecule has 0 heterocycles. The van der Waals surface area contributed by atoms with Gasteiger partial charge in [0.15, 0.2) is 5.78 Å². The molecule has 0 bridgehead atoms. The number of ether oxygens (including phenoxy) is 1. The van der Waals surface area contributed by atoms with E-state index >= 15 is 0 Å². The Balaban J connectivity index is 3.10. The van der Waals surface area contributed by atoms with Crippen LogP contribution in [0.25, 0.3) is 0 Å². The molecule has 0 aliphatic carbocycles. The van der Waals surface area contributed by atoms with Crippen LogP contribution in [-0.2, 0) is 0 Å². The summed E-state index contributed by atoms with van der Waals surface area (Å²) < 4.78 is 5.30. The molecule has 0 atom stereocenters. The van der Waals surface area contributed by atoms with Gasteiger partial charge in [0.25, 0.3) is 0 Å². The lowest BCUT2D eigenvalue weighted by atomic mass is 10.1. The first kappa shape index (κ1) is 10.1. The molecule has 0 amide bonds. The van der Waals surface area contributed by atoms with Crippen LogP contribution in [0.2, 0.25) is 0 Å². The zero-order valence-corrected chi connectivity index (χ0v) is 8.60. The number of Topliss-reactive ketones (excluding diaryl/α,β-unsaturated/α-hetero) is 1. The van der Waals surface area contributed by atoms with Gasteiger partial charge in [-0.05, 0) is 19.9 Å². The van der Waals surface area contributed by atoms with Gasteiger partial charge >= 0.3 is 0 Å². The molecule has 1 aromatic rings. The first-order chi connectivity index (χ1) is 6.16. The molecule has 1 aromatic carbocycles. The van der Waals surface area contributed by atoms with Crippen LogP contribution in [0.1, 0.15) is 24.2 Å². The monoisotopic (exact) mass is 196 g/mol. The fraction of sp³-hybridized carbons (Fsp3) is 0.300. The van der Waals surface area contributed by atoms with Crippen molar-refractivity contribution in [2.75, 3.05) is 6.61 Å². The summed E-state index contributed by atoms with van der Waals surface area (Å²) in [6.45, 7) is 3.99. The lowest BCUT2D eigenvalue weighted by molar-refractivity contribution is 0.101. The summed E-state index contributed by atoms with van der Waals surface area (Å²) >= 11 is 4.24. The highest BCUT2D eigenvalue weighted by Crippen LogP contribution is 2.26. The zero-order chi connectivity index (χ0) is 9.84. The van der Waals surface area contributed by atoms with Crippen LogP contribution < -0.4 is 4.74 Å². The molecule has 2 nitrogen and oxygen atoms in total. The van der Waals surface area contributed by atoms with Gasteiger partial charge in [-0.2, -0.15) is 0 Å². The highest BCUT2D eigenvalue weighted by molar-refractivity contribution is 7.80. The number of rotatable bonds is 3. The van der Waals surface area contributed by atoms with Crippen molar-refractivity contribution in [2.24, 2.45) is 0 Å². The van der Waals surface area contributed by atoms with Crippen molar-refractivity contribution in [3.8, 4) is 5.75 Å². The molecule has 0 radical (unpaired) electrons. The lowest BCUT2D eigenvalue weighted by Gasteiger charge is -2.08. The Morgan fingerprint density at radius 3 is 2.77 bits per heavy atom. The predicted molar refractivity (Wildman–Crippen MR) is 54.9 cm³/mol. The van der Waals surface area contributed by atoms with E-state index in [0.29, 0.717) is 22.8 Å². The maximum Gasteiger partial charge on any atom is 0.161 e. The van der Waals surface area contributed by atoms with E-state index in [4.69, 9.17) is 4.74 Å². The molecule has 0 saturated carbocycles. The van der Waals surface area contributed by atoms with Crippen LogP contribution in [0.15, 0.2) is 23.1 Å². The van der Waals surface area contributed by atoms with Crippen LogP contribution in [0.4, 0.5) is 0 Å². The molecular weight excluding hydrogens is 184 g/mol. The normalized spacial score (nSPS) is 9.77. The third-order valence-electron chi connectivity index (χ3n) is 1.68. The summed E-state index contributed by atoms with van der Waals surface area (Å²) in [4.78, 5) is 11.7. The number of carbonyl (C=O) groups is 1. The topological polar surface area (TPSA) is 26.3 Å². The van der Waals surface area contributed by atoms with Gasteiger partial charge in [0.2, 0.25) is 0 Å². The van der Waals surface area contributed by atoms with Gasteiger partial charge < -0.3 is 4.74 Å². The highest BCUT2D eigenvalue weighted by Gasteiger charge is 2.08. The van der Waals surface area contributed by atoms with E-state index in [0.717, 1.165) is 0 Å². The molecule has 1 rings (SSSR count). The third kappa shape index (κ3) is 2.25. The molecule has 0 N–H and O–H groups in total. The summed E-state index contributed by atoms with van der Waals surface area (Å²) in [5.41, 5.74) is 0.606. The smallest absolute Gasteiger partial charge is 0.161 e. The first-order valence-corrected chi connectivity index (χ1v) is 4.57. The van der Waals surface area contributed by atoms with E-state index < -0.39 is 0 Å². The SMILES string of the molecule is CCOc1cccc(C(C)=O)c1S. The van der Waals surface area contributed by atoms with Crippen molar-refractivity contribution in [1.82, 2.24) is 0 Å². The van der Waals surface area contributed by atoms with Gasteiger partial charge in [-0.15, -0.1) is 12.6 Å². The maximum absolute atomic E-state index is 11.1. The summed E-state index contributed by atoms with van der Waals surface area (Å²) in [5, 5.41) is 0. The first-order valence-electron chi connectivity index (χ1n) is 4.12. The Morgan fingerprint density at radius 2 is 2.23 bits per heavy atom. The highest BCUT2D eigenvalue weighted by atomic mass is 32.1. The number of carbonyl (C=O) groups excluding carboxylic acids is 1. The Bertz CT molecular complexity index is 321. The molecule has 0 aliphatic heterocycles. The Hall–Kier alpha value is -0.960. The number of benzene rings is 1. The molecule has 0 unspecified atom stereocenters. The number of thiol groups is 1. The summed E-state index contributed by atoms with van der Waals surface area (Å²) in [7, 11) is 0. The summed E-state index contributed by atoms with van der Waals surface area (Å²) in [6.07, 6.45) is 0. The fourth-order valence-corrected chi connectivity index (χ4v) is 1.45. The fourth-order valence-electron chi connectivity index (χ4n) is 1.08. The van der Waals surface area contributed by atoms with Crippen molar-refractivity contribution >= 4 is 18.4 Å². The van der Waals surface area contributed by atoms with Crippen LogP contribution in [0.3, 0.4) is 0 Å². The average molecular weight is 196 g/mol. The van der Waals surface area contributed by atoms with Gasteiger partial charge in [-0.3, -0.25) is 4.79 Å². The quantitative estimate of drug-likeness (QED) is 0.594. The molecule has 0 aromatic heterocycles. The minimum atomic E-state index is 0.00607. The second-order valence-corrected chi connectivity index (χ2v) is 3.09. The van der Waals surface area contributed by atoms with Crippen LogP contribution >= 0.6 is 12.6 Å². The van der Waals surface area contributed by atoms with Crippen molar-refractivity contribution in [3.63, 3.8) is 0 Å². The van der Waals surface area contributed by atoms with Gasteiger partial charge in [-0.25, -0.2) is 0 Å². The molecule has 0 fully saturated rings. The van der Waals surface area contributed by atoms with Crippen molar-refractivity contribution in [3.05, 3.63) is 23.8 Å². The van der Waals surface area contributed by atoms with Crippen LogP contribution in [0, 0.1) is 0 Å². The predicted octanol–water partition coefficient (Wildman–Crippen LogP) is 2.58. The van der Waals surface area contributed by atoms with Crippen molar-refractivity contribution in [2.45, 2.75) is 18.7 Å². The van der Waals surface area contributed by atoms with E-state index in [9.17, 15) is 4.79 Å². The molecule has 0 aliphatic rings. The Kier molecular flexibility index (Phi) is 3.37. The zero-order valence-electron chi connectivity index (χ0n) is 7.70. The molecule has 13 heavy (non-hydrogen) atoms. The number of hydrogen-bond donors (Lipinski definition) is 1. The number of hydrogen-bond acceptors (Lipinski definition) is 3. The van der Waals surface area contributed by atoms with Gasteiger partial charge in [0.05, 0.1) is 11.5 Å². The maximum atomic E-state index is 11.1. The van der Waals surface area contributed by atoms with Gasteiger partial charge in [0.1, 0.15) is 5.75 Å². The van der Waals surface area contributed by atoms with Crippen LogP contribution in [0.5, 0.6) is 5.75 Å². The summed E-state index contributed by atoms with van der Waals surface area (Å²) in [5.74, 6) is 0.671. The van der Waals surface area contributed by atoms with E-state index in [2.05, 4.69) is 12.6 Å².